The van der Waals surface area contributed by atoms with Crippen molar-refractivity contribution in [3.05, 3.63) is 58.1 Å². The largest absolute Gasteiger partial charge is 0.490 e. The molecule has 2 aliphatic carbocycles. The lowest BCUT2D eigenvalue weighted by molar-refractivity contribution is -0.124. The topological polar surface area (TPSA) is 159 Å². The molecule has 5 N–H and O–H groups in total. The van der Waals surface area contributed by atoms with Crippen LogP contribution in [0, 0.1) is 11.8 Å². The summed E-state index contributed by atoms with van der Waals surface area (Å²) in [6.45, 7) is 1.53. The minimum Gasteiger partial charge on any atom is -0.490 e. The molecule has 5 rings (SSSR count). The second-order valence-corrected chi connectivity index (χ2v) is 13.8. The predicted molar refractivity (Wildman–Crippen MR) is 155 cm³/mol. The van der Waals surface area contributed by atoms with Crippen LogP contribution >= 0.6 is 11.6 Å². The van der Waals surface area contributed by atoms with Gasteiger partial charge in [0.2, 0.25) is 15.9 Å². The van der Waals surface area contributed by atoms with Gasteiger partial charge in [-0.1, -0.05) is 17.7 Å². The number of fused-ring (bicyclic) bond motifs is 3. The number of anilines is 1. The SMILES string of the molecule is NS(=O)(=O)CCNC(=O)CC(O)[C@@H]1CC[C@H]1CN1C[C@@]2(CCCc3cc(Cl)ccc32)COc2ccc(C(=O)O)cc21. The number of primary sulfonamides is 1. The van der Waals surface area contributed by atoms with Crippen LogP contribution < -0.4 is 20.1 Å². The van der Waals surface area contributed by atoms with Crippen molar-refractivity contribution < 1.29 is 33.0 Å². The highest BCUT2D eigenvalue weighted by atomic mass is 35.5. The van der Waals surface area contributed by atoms with Crippen LogP contribution in [0.15, 0.2) is 36.4 Å². The number of aliphatic hydroxyl groups is 1. The number of carboxylic acids is 1. The molecule has 1 spiro atoms. The van der Waals surface area contributed by atoms with Crippen molar-refractivity contribution in [3.63, 3.8) is 0 Å². The summed E-state index contributed by atoms with van der Waals surface area (Å²) in [5, 5.41) is 28.8. The maximum absolute atomic E-state index is 12.3. The molecule has 3 aliphatic rings. The Kier molecular flexibility index (Phi) is 8.52. The number of carbonyl (C=O) groups is 2. The van der Waals surface area contributed by atoms with E-state index in [1.807, 2.05) is 12.1 Å². The molecule has 1 heterocycles. The second kappa shape index (κ2) is 11.8. The van der Waals surface area contributed by atoms with Crippen LogP contribution in [0.4, 0.5) is 5.69 Å². The number of aromatic carboxylic acids is 1. The molecule has 41 heavy (non-hydrogen) atoms. The third kappa shape index (κ3) is 6.63. The summed E-state index contributed by atoms with van der Waals surface area (Å²) < 4.78 is 28.6. The van der Waals surface area contributed by atoms with Crippen molar-refractivity contribution in [2.45, 2.75) is 50.0 Å². The van der Waals surface area contributed by atoms with Gasteiger partial charge in [-0.25, -0.2) is 18.4 Å². The average Bonchev–Trinajstić information content (AvgIpc) is 3.02. The lowest BCUT2D eigenvalue weighted by Gasteiger charge is -2.45. The molecule has 1 aliphatic heterocycles. The molecule has 0 bridgehead atoms. The first-order valence-corrected chi connectivity index (χ1v) is 16.0. The molecule has 0 saturated heterocycles. The van der Waals surface area contributed by atoms with Gasteiger partial charge in [-0.3, -0.25) is 4.79 Å². The fourth-order valence-electron chi connectivity index (χ4n) is 6.60. The van der Waals surface area contributed by atoms with Crippen LogP contribution in [0.25, 0.3) is 0 Å². The summed E-state index contributed by atoms with van der Waals surface area (Å²) >= 11 is 6.33. The average molecular weight is 606 g/mol. The van der Waals surface area contributed by atoms with Crippen LogP contribution in [-0.4, -0.2) is 68.6 Å². The Balaban J connectivity index is 1.37. The first-order valence-electron chi connectivity index (χ1n) is 13.9. The summed E-state index contributed by atoms with van der Waals surface area (Å²) in [5.74, 6) is -1.24. The standard InChI is InChI=1S/C29H36ClN3O7S/c30-21-5-7-23-18(12-21)2-1-9-29(23)16-33(24-13-19(28(36)37)4-8-26(24)40-17-29)15-20-3-6-22(20)25(34)14-27(35)32-10-11-41(31,38)39/h4-5,7-8,12-13,20,22,25,34H,1-3,6,9-11,14-17H2,(H,32,35)(H,36,37)(H2,31,38,39)/t20-,22+,25?,29-/m0/s1. The number of carbonyl (C=O) groups excluding carboxylic acids is 1. The lowest BCUT2D eigenvalue weighted by Crippen LogP contribution is -2.50. The summed E-state index contributed by atoms with van der Waals surface area (Å²) in [4.78, 5) is 26.4. The number of hydrogen-bond acceptors (Lipinski definition) is 7. The Labute approximate surface area is 244 Å². The lowest BCUT2D eigenvalue weighted by atomic mass is 9.68. The summed E-state index contributed by atoms with van der Waals surface area (Å²) in [5.41, 5.74) is 2.97. The Bertz CT molecular complexity index is 1440. The Morgan fingerprint density at radius 3 is 2.73 bits per heavy atom. The molecule has 1 fully saturated rings. The molecule has 4 atom stereocenters. The highest BCUT2D eigenvalue weighted by Crippen LogP contribution is 2.46. The fraction of sp³-hybridized carbons (Fsp3) is 0.517. The second-order valence-electron chi connectivity index (χ2n) is 11.6. The van der Waals surface area contributed by atoms with E-state index in [9.17, 15) is 28.2 Å². The maximum atomic E-state index is 12.3. The van der Waals surface area contributed by atoms with Crippen LogP contribution in [0.2, 0.25) is 5.02 Å². The number of rotatable bonds is 9. The van der Waals surface area contributed by atoms with Crippen molar-refractivity contribution in [1.29, 1.82) is 0 Å². The Hall–Kier alpha value is -2.86. The fourth-order valence-corrected chi connectivity index (χ4v) is 7.19. The monoisotopic (exact) mass is 605 g/mol. The van der Waals surface area contributed by atoms with Crippen molar-refractivity contribution in [3.8, 4) is 5.75 Å². The first kappa shape index (κ1) is 29.6. The van der Waals surface area contributed by atoms with E-state index < -0.39 is 28.0 Å². The van der Waals surface area contributed by atoms with Crippen LogP contribution in [0.3, 0.4) is 0 Å². The number of nitrogens with one attached hydrogen (secondary N) is 1. The predicted octanol–water partition coefficient (Wildman–Crippen LogP) is 2.69. The summed E-state index contributed by atoms with van der Waals surface area (Å²) in [7, 11) is -3.69. The minimum atomic E-state index is -3.69. The number of ether oxygens (including phenoxy) is 1. The minimum absolute atomic E-state index is 0.0759. The number of carboxylic acid groups (broad SMARTS) is 1. The van der Waals surface area contributed by atoms with Crippen molar-refractivity contribution >= 4 is 39.2 Å². The molecular weight excluding hydrogens is 570 g/mol. The van der Waals surface area contributed by atoms with E-state index in [1.165, 1.54) is 11.1 Å². The summed E-state index contributed by atoms with van der Waals surface area (Å²) in [6.07, 6.45) is 3.42. The molecule has 222 valence electrons. The Morgan fingerprint density at radius 2 is 2.02 bits per heavy atom. The van der Waals surface area contributed by atoms with Gasteiger partial charge in [0.05, 0.1) is 36.1 Å². The van der Waals surface area contributed by atoms with E-state index in [0.717, 1.165) is 32.1 Å². The zero-order valence-electron chi connectivity index (χ0n) is 22.7. The molecule has 1 amide bonds. The van der Waals surface area contributed by atoms with Gasteiger partial charge >= 0.3 is 5.97 Å². The van der Waals surface area contributed by atoms with Gasteiger partial charge in [0.15, 0.2) is 0 Å². The first-order chi connectivity index (χ1) is 19.4. The molecule has 2 aromatic carbocycles. The number of nitrogens with zero attached hydrogens (tertiary/aromatic N) is 1. The number of benzene rings is 2. The molecule has 0 aromatic heterocycles. The van der Waals surface area contributed by atoms with Crippen molar-refractivity contribution in [2.24, 2.45) is 17.0 Å². The molecule has 12 heteroatoms. The number of aryl methyl sites for hydroxylation is 1. The van der Waals surface area contributed by atoms with E-state index >= 15 is 0 Å². The van der Waals surface area contributed by atoms with Gasteiger partial charge in [-0.15, -0.1) is 0 Å². The molecule has 2 aromatic rings. The number of nitrogens with two attached hydrogens (primary N) is 1. The van der Waals surface area contributed by atoms with Crippen molar-refractivity contribution in [1.82, 2.24) is 5.32 Å². The van der Waals surface area contributed by atoms with Gasteiger partial charge in [-0.05, 0) is 85.4 Å². The molecule has 0 radical (unpaired) electrons. The van der Waals surface area contributed by atoms with E-state index in [2.05, 4.69) is 16.3 Å². The van der Waals surface area contributed by atoms with Gasteiger partial charge in [0, 0.05) is 30.1 Å². The number of sulfonamides is 1. The van der Waals surface area contributed by atoms with Crippen LogP contribution in [0.5, 0.6) is 5.75 Å². The number of halogens is 1. The maximum Gasteiger partial charge on any atom is 0.335 e. The van der Waals surface area contributed by atoms with Crippen LogP contribution in [0.1, 0.15) is 53.6 Å². The normalized spacial score (nSPS) is 24.3. The highest BCUT2D eigenvalue weighted by Gasteiger charge is 2.44. The van der Waals surface area contributed by atoms with E-state index in [4.69, 9.17) is 21.5 Å². The van der Waals surface area contributed by atoms with E-state index in [1.54, 1.807) is 18.2 Å². The van der Waals surface area contributed by atoms with E-state index in [0.29, 0.717) is 36.2 Å². The van der Waals surface area contributed by atoms with Gasteiger partial charge in [0.25, 0.3) is 0 Å². The van der Waals surface area contributed by atoms with Gasteiger partial charge in [-0.2, -0.15) is 0 Å². The number of aliphatic hydroxyl groups excluding tert-OH is 1. The third-order valence-corrected chi connectivity index (χ3v) is 9.82. The molecular formula is C29H36ClN3O7S. The zero-order chi connectivity index (χ0) is 29.4. The highest BCUT2D eigenvalue weighted by molar-refractivity contribution is 7.89. The molecule has 1 unspecified atom stereocenters. The molecule has 1 saturated carbocycles. The van der Waals surface area contributed by atoms with Gasteiger partial charge in [0.1, 0.15) is 5.75 Å². The number of amides is 1. The smallest absolute Gasteiger partial charge is 0.335 e. The Morgan fingerprint density at radius 1 is 1.22 bits per heavy atom. The van der Waals surface area contributed by atoms with Gasteiger partial charge < -0.3 is 25.2 Å². The summed E-state index contributed by atoms with van der Waals surface area (Å²) in [6, 6.07) is 10.9. The zero-order valence-corrected chi connectivity index (χ0v) is 24.3. The molecule has 10 nitrogen and oxygen atoms in total. The van der Waals surface area contributed by atoms with E-state index in [-0.39, 0.29) is 41.5 Å². The van der Waals surface area contributed by atoms with Crippen molar-refractivity contribution in [2.75, 3.05) is 36.9 Å². The van der Waals surface area contributed by atoms with Crippen LogP contribution in [-0.2, 0) is 26.7 Å². The number of hydrogen-bond donors (Lipinski definition) is 4. The quantitative estimate of drug-likeness (QED) is 0.339. The third-order valence-electron chi connectivity index (χ3n) is 8.81.